The fourth-order valence-corrected chi connectivity index (χ4v) is 5.73. The van der Waals surface area contributed by atoms with Gasteiger partial charge in [-0.1, -0.05) is 78.9 Å². The average Bonchev–Trinajstić information content (AvgIpc) is 3.35. The average molecular weight is 475 g/mol. The minimum Gasteiger partial charge on any atom is -0.453 e. The molecule has 1 N–H and O–H groups in total. The summed E-state index contributed by atoms with van der Waals surface area (Å²) in [4.78, 5) is 5.95. The number of ether oxygens (including phenoxy) is 1. The molecule has 37 heavy (non-hydrogen) atoms. The lowest BCUT2D eigenvalue weighted by Gasteiger charge is -2.33. The number of anilines is 3. The van der Waals surface area contributed by atoms with Gasteiger partial charge in [0.2, 0.25) is 0 Å². The molecule has 0 saturated carbocycles. The Morgan fingerprint density at radius 2 is 1.32 bits per heavy atom. The van der Waals surface area contributed by atoms with E-state index < -0.39 is 0 Å². The number of hydrogen-bond donors (Lipinski definition) is 1. The van der Waals surface area contributed by atoms with Crippen LogP contribution >= 0.6 is 0 Å². The maximum Gasteiger partial charge on any atom is 0.151 e. The van der Waals surface area contributed by atoms with Crippen LogP contribution in [0.4, 0.5) is 17.1 Å². The quantitative estimate of drug-likeness (QED) is 0.270. The molecular formula is C34H22N2O. The van der Waals surface area contributed by atoms with Crippen LogP contribution in [-0.2, 0) is 0 Å². The molecule has 0 spiro atoms. The summed E-state index contributed by atoms with van der Waals surface area (Å²) in [6.07, 6.45) is 0. The molecule has 1 aromatic heterocycles. The van der Waals surface area contributed by atoms with E-state index in [9.17, 15) is 0 Å². The molecule has 1 aliphatic rings. The summed E-state index contributed by atoms with van der Waals surface area (Å²) in [5.74, 6) is 1.71. The Bertz CT molecular complexity index is 1970. The van der Waals surface area contributed by atoms with E-state index in [0.29, 0.717) is 0 Å². The molecule has 0 unspecified atom stereocenters. The van der Waals surface area contributed by atoms with Crippen molar-refractivity contribution in [3.05, 3.63) is 127 Å². The van der Waals surface area contributed by atoms with Crippen LogP contribution in [0.1, 0.15) is 0 Å². The highest BCUT2D eigenvalue weighted by atomic mass is 16.5. The van der Waals surface area contributed by atoms with Gasteiger partial charge in [-0.15, -0.1) is 0 Å². The van der Waals surface area contributed by atoms with Crippen molar-refractivity contribution in [3.63, 3.8) is 0 Å². The van der Waals surface area contributed by atoms with Crippen molar-refractivity contribution >= 4 is 49.6 Å². The molecule has 0 saturated heterocycles. The van der Waals surface area contributed by atoms with E-state index in [1.165, 1.54) is 27.1 Å². The summed E-state index contributed by atoms with van der Waals surface area (Å²) in [6, 6.07) is 44.8. The first kappa shape index (κ1) is 20.2. The van der Waals surface area contributed by atoms with Gasteiger partial charge in [-0.25, -0.2) is 0 Å². The fraction of sp³-hybridized carbons (Fsp3) is 0. The summed E-state index contributed by atoms with van der Waals surface area (Å²) in [6.45, 7) is 0. The minimum absolute atomic E-state index is 0.850. The van der Waals surface area contributed by atoms with Crippen molar-refractivity contribution in [2.75, 3.05) is 4.90 Å². The lowest BCUT2D eigenvalue weighted by Crippen LogP contribution is -2.15. The van der Waals surface area contributed by atoms with E-state index in [1.54, 1.807) is 0 Å². The predicted molar refractivity (Wildman–Crippen MR) is 154 cm³/mol. The number of fused-ring (bicyclic) bond motifs is 7. The van der Waals surface area contributed by atoms with Gasteiger partial charge < -0.3 is 14.6 Å². The molecular weight excluding hydrogens is 452 g/mol. The number of aromatic amines is 1. The highest BCUT2D eigenvalue weighted by Gasteiger charge is 2.26. The van der Waals surface area contributed by atoms with E-state index in [2.05, 4.69) is 125 Å². The first-order valence-corrected chi connectivity index (χ1v) is 12.5. The SMILES string of the molecule is c1ccc(N2c3ccccc3Oc3ccc(-c4cccc5[nH]c6ccc7ccccc7c6c45)cc32)cc1. The normalized spacial score (nSPS) is 12.5. The Labute approximate surface area is 214 Å². The number of H-pyrrole nitrogens is 1. The van der Waals surface area contributed by atoms with Crippen molar-refractivity contribution in [2.24, 2.45) is 0 Å². The first-order chi connectivity index (χ1) is 18.3. The van der Waals surface area contributed by atoms with Crippen LogP contribution in [0.15, 0.2) is 127 Å². The van der Waals surface area contributed by atoms with E-state index in [0.717, 1.165) is 45.2 Å². The van der Waals surface area contributed by atoms with Gasteiger partial charge in [-0.05, 0) is 70.4 Å². The number of benzene rings is 6. The van der Waals surface area contributed by atoms with Gasteiger partial charge in [0, 0.05) is 27.5 Å². The molecule has 0 atom stereocenters. The molecule has 6 aromatic carbocycles. The molecule has 3 nitrogen and oxygen atoms in total. The Kier molecular flexibility index (Phi) is 4.23. The van der Waals surface area contributed by atoms with Crippen LogP contribution in [0.5, 0.6) is 11.5 Å². The number of nitrogens with one attached hydrogen (secondary N) is 1. The maximum absolute atomic E-state index is 6.37. The van der Waals surface area contributed by atoms with Crippen LogP contribution in [0.3, 0.4) is 0 Å². The van der Waals surface area contributed by atoms with E-state index in [-0.39, 0.29) is 0 Å². The zero-order chi connectivity index (χ0) is 24.3. The molecule has 3 heteroatoms. The van der Waals surface area contributed by atoms with Gasteiger partial charge in [0.15, 0.2) is 11.5 Å². The number of nitrogens with zero attached hydrogens (tertiary/aromatic N) is 1. The van der Waals surface area contributed by atoms with Crippen molar-refractivity contribution < 1.29 is 4.74 Å². The van der Waals surface area contributed by atoms with Crippen LogP contribution in [0.2, 0.25) is 0 Å². The van der Waals surface area contributed by atoms with Gasteiger partial charge in [0.25, 0.3) is 0 Å². The number of para-hydroxylation sites is 3. The summed E-state index contributed by atoms with van der Waals surface area (Å²) in [5.41, 5.74) is 7.83. The zero-order valence-electron chi connectivity index (χ0n) is 20.0. The highest BCUT2D eigenvalue weighted by Crippen LogP contribution is 2.51. The highest BCUT2D eigenvalue weighted by molar-refractivity contribution is 6.24. The predicted octanol–water partition coefficient (Wildman–Crippen LogP) is 9.72. The lowest BCUT2D eigenvalue weighted by molar-refractivity contribution is 0.477. The Morgan fingerprint density at radius 3 is 2.27 bits per heavy atom. The first-order valence-electron chi connectivity index (χ1n) is 12.5. The number of aromatic nitrogens is 1. The van der Waals surface area contributed by atoms with Gasteiger partial charge in [-0.2, -0.15) is 0 Å². The Hall–Kier alpha value is -5.02. The van der Waals surface area contributed by atoms with Crippen molar-refractivity contribution in [1.29, 1.82) is 0 Å². The minimum atomic E-state index is 0.850. The molecule has 1 aliphatic heterocycles. The van der Waals surface area contributed by atoms with Crippen LogP contribution in [0, 0.1) is 0 Å². The molecule has 0 radical (unpaired) electrons. The third-order valence-corrected chi connectivity index (χ3v) is 7.36. The van der Waals surface area contributed by atoms with E-state index >= 15 is 0 Å². The summed E-state index contributed by atoms with van der Waals surface area (Å²) >= 11 is 0. The van der Waals surface area contributed by atoms with Gasteiger partial charge >= 0.3 is 0 Å². The van der Waals surface area contributed by atoms with Gasteiger partial charge in [-0.3, -0.25) is 0 Å². The monoisotopic (exact) mass is 474 g/mol. The number of hydrogen-bond acceptors (Lipinski definition) is 2. The number of rotatable bonds is 2. The molecule has 0 fully saturated rings. The molecule has 174 valence electrons. The van der Waals surface area contributed by atoms with Gasteiger partial charge in [0.05, 0.1) is 11.4 Å². The summed E-state index contributed by atoms with van der Waals surface area (Å²) in [5, 5.41) is 5.02. The van der Waals surface area contributed by atoms with Crippen molar-refractivity contribution in [1.82, 2.24) is 4.98 Å². The van der Waals surface area contributed by atoms with Gasteiger partial charge in [0.1, 0.15) is 0 Å². The van der Waals surface area contributed by atoms with Crippen LogP contribution in [-0.4, -0.2) is 4.98 Å². The fourth-order valence-electron chi connectivity index (χ4n) is 5.73. The molecule has 7 aromatic rings. The van der Waals surface area contributed by atoms with Crippen LogP contribution < -0.4 is 9.64 Å². The standard InChI is InChI=1S/C34H22N2O/c1-2-10-24(11-3-1)36-29-15-6-7-16-31(29)37-32-20-18-23(21-30(32)36)26-13-8-14-27-34(26)33-25-12-5-4-9-22(25)17-19-28(33)35-27/h1-21,35H. The van der Waals surface area contributed by atoms with Crippen molar-refractivity contribution in [3.8, 4) is 22.6 Å². The van der Waals surface area contributed by atoms with Crippen LogP contribution in [0.25, 0.3) is 43.7 Å². The summed E-state index contributed by atoms with van der Waals surface area (Å²) < 4.78 is 6.37. The zero-order valence-corrected chi connectivity index (χ0v) is 20.0. The van der Waals surface area contributed by atoms with Crippen molar-refractivity contribution in [2.45, 2.75) is 0 Å². The molecule has 2 heterocycles. The Morgan fingerprint density at radius 1 is 0.541 bits per heavy atom. The van der Waals surface area contributed by atoms with E-state index in [1.807, 2.05) is 12.1 Å². The lowest BCUT2D eigenvalue weighted by atomic mass is 9.96. The third kappa shape index (κ3) is 3.01. The third-order valence-electron chi connectivity index (χ3n) is 7.36. The maximum atomic E-state index is 6.37. The molecule has 0 amide bonds. The van der Waals surface area contributed by atoms with E-state index in [4.69, 9.17) is 4.74 Å². The topological polar surface area (TPSA) is 28.3 Å². The molecule has 8 rings (SSSR count). The largest absolute Gasteiger partial charge is 0.453 e. The second kappa shape index (κ2) is 7.74. The molecule has 0 aliphatic carbocycles. The molecule has 0 bridgehead atoms. The summed E-state index contributed by atoms with van der Waals surface area (Å²) in [7, 11) is 0. The second-order valence-corrected chi connectivity index (χ2v) is 9.49. The second-order valence-electron chi connectivity index (χ2n) is 9.49. The smallest absolute Gasteiger partial charge is 0.151 e. The Balaban J connectivity index is 1.40.